The van der Waals surface area contributed by atoms with E-state index >= 15 is 0 Å². The van der Waals surface area contributed by atoms with Gasteiger partial charge < -0.3 is 15.5 Å². The summed E-state index contributed by atoms with van der Waals surface area (Å²) in [5.74, 6) is 0.916. The number of fused-ring (bicyclic) bond motifs is 1. The van der Waals surface area contributed by atoms with Gasteiger partial charge in [0.2, 0.25) is 0 Å². The van der Waals surface area contributed by atoms with Gasteiger partial charge in [-0.05, 0) is 12.1 Å². The van der Waals surface area contributed by atoms with E-state index in [1.807, 2.05) is 18.2 Å². The number of nitrogen functional groups attached to an aromatic ring is 1. The van der Waals surface area contributed by atoms with E-state index in [9.17, 15) is 0 Å². The number of para-hydroxylation sites is 1. The van der Waals surface area contributed by atoms with Crippen molar-refractivity contribution >= 4 is 16.7 Å². The Bertz CT molecular complexity index is 436. The molecule has 0 aliphatic carbocycles. The first-order valence-electron chi connectivity index (χ1n) is 4.53. The van der Waals surface area contributed by atoms with E-state index in [4.69, 9.17) is 10.5 Å². The maximum Gasteiger partial charge on any atom is 0.111 e. The van der Waals surface area contributed by atoms with E-state index in [0.29, 0.717) is 12.3 Å². The fourth-order valence-corrected chi connectivity index (χ4v) is 1.42. The number of H-pyrrole nitrogens is 1. The molecule has 14 heavy (non-hydrogen) atoms. The van der Waals surface area contributed by atoms with Gasteiger partial charge in [0.15, 0.2) is 0 Å². The van der Waals surface area contributed by atoms with E-state index < -0.39 is 0 Å². The lowest BCUT2D eigenvalue weighted by molar-refractivity contribution is 0.201. The summed E-state index contributed by atoms with van der Waals surface area (Å²) in [5, 5.41) is 0. The van der Waals surface area contributed by atoms with E-state index in [1.165, 1.54) is 0 Å². The lowest BCUT2D eigenvalue weighted by atomic mass is 10.3. The highest BCUT2D eigenvalue weighted by Gasteiger charge is 2.04. The first-order chi connectivity index (χ1) is 6.81. The molecule has 1 aromatic heterocycles. The molecule has 0 aliphatic rings. The van der Waals surface area contributed by atoms with Gasteiger partial charge in [-0.15, -0.1) is 0 Å². The lowest BCUT2D eigenvalue weighted by Crippen LogP contribution is -1.95. The summed E-state index contributed by atoms with van der Waals surface area (Å²) in [6.45, 7) is 0.666. The molecule has 2 rings (SSSR count). The zero-order valence-corrected chi connectivity index (χ0v) is 8.08. The summed E-state index contributed by atoms with van der Waals surface area (Å²) in [4.78, 5) is 7.59. The van der Waals surface area contributed by atoms with E-state index in [2.05, 4.69) is 9.97 Å². The Hall–Kier alpha value is -1.55. The number of rotatable bonds is 3. The van der Waals surface area contributed by atoms with Gasteiger partial charge >= 0.3 is 0 Å². The molecule has 1 aromatic carbocycles. The average molecular weight is 191 g/mol. The number of methoxy groups -OCH3 is 1. The monoisotopic (exact) mass is 191 g/mol. The van der Waals surface area contributed by atoms with Crippen molar-refractivity contribution in [3.05, 3.63) is 24.0 Å². The number of anilines is 1. The van der Waals surface area contributed by atoms with Gasteiger partial charge in [0.25, 0.3) is 0 Å². The smallest absolute Gasteiger partial charge is 0.111 e. The van der Waals surface area contributed by atoms with E-state index in [0.717, 1.165) is 23.3 Å². The van der Waals surface area contributed by atoms with Crippen LogP contribution in [0.2, 0.25) is 0 Å². The van der Waals surface area contributed by atoms with Crippen LogP contribution >= 0.6 is 0 Å². The largest absolute Gasteiger partial charge is 0.397 e. The highest BCUT2D eigenvalue weighted by atomic mass is 16.5. The van der Waals surface area contributed by atoms with E-state index in [-0.39, 0.29) is 0 Å². The van der Waals surface area contributed by atoms with Gasteiger partial charge in [-0.3, -0.25) is 0 Å². The Labute approximate surface area is 82.1 Å². The van der Waals surface area contributed by atoms with Crippen LogP contribution in [0.4, 0.5) is 5.69 Å². The second-order valence-electron chi connectivity index (χ2n) is 3.17. The molecule has 3 N–H and O–H groups in total. The second-order valence-corrected chi connectivity index (χ2v) is 3.17. The van der Waals surface area contributed by atoms with Crippen molar-refractivity contribution in [1.82, 2.24) is 9.97 Å². The lowest BCUT2D eigenvalue weighted by Gasteiger charge is -1.92. The first kappa shape index (κ1) is 9.02. The Morgan fingerprint density at radius 2 is 2.36 bits per heavy atom. The quantitative estimate of drug-likeness (QED) is 0.719. The zero-order chi connectivity index (χ0) is 9.97. The van der Waals surface area contributed by atoms with Gasteiger partial charge in [-0.2, -0.15) is 0 Å². The molecular formula is C10H13N3O. The Morgan fingerprint density at radius 3 is 3.07 bits per heavy atom. The molecule has 74 valence electrons. The summed E-state index contributed by atoms with van der Waals surface area (Å²) in [6.07, 6.45) is 0.782. The summed E-state index contributed by atoms with van der Waals surface area (Å²) in [6, 6.07) is 5.73. The molecule has 4 heteroatoms. The molecule has 4 nitrogen and oxygen atoms in total. The molecule has 1 heterocycles. The Kier molecular flexibility index (Phi) is 2.37. The third kappa shape index (κ3) is 1.56. The minimum absolute atomic E-state index is 0.666. The van der Waals surface area contributed by atoms with Crippen LogP contribution in [0.3, 0.4) is 0 Å². The number of ether oxygens (including phenoxy) is 1. The third-order valence-corrected chi connectivity index (χ3v) is 2.14. The van der Waals surface area contributed by atoms with Gasteiger partial charge in [0.05, 0.1) is 17.8 Å². The zero-order valence-electron chi connectivity index (χ0n) is 8.08. The number of nitrogens with one attached hydrogen (secondary N) is 1. The Balaban J connectivity index is 2.36. The maximum atomic E-state index is 5.78. The Morgan fingerprint density at radius 1 is 1.50 bits per heavy atom. The van der Waals surface area contributed by atoms with Crippen molar-refractivity contribution in [2.24, 2.45) is 0 Å². The highest BCUT2D eigenvalue weighted by Crippen LogP contribution is 2.17. The molecule has 0 spiro atoms. The summed E-state index contributed by atoms with van der Waals surface area (Å²) in [7, 11) is 1.68. The second kappa shape index (κ2) is 3.67. The van der Waals surface area contributed by atoms with Crippen LogP contribution in [-0.2, 0) is 11.2 Å². The minimum atomic E-state index is 0.666. The molecule has 0 bridgehead atoms. The number of aromatic nitrogens is 2. The van der Waals surface area contributed by atoms with Crippen LogP contribution in [0, 0.1) is 0 Å². The number of hydrogen-bond acceptors (Lipinski definition) is 3. The molecule has 0 unspecified atom stereocenters. The van der Waals surface area contributed by atoms with Crippen molar-refractivity contribution in [3.8, 4) is 0 Å². The van der Waals surface area contributed by atoms with Crippen molar-refractivity contribution in [3.63, 3.8) is 0 Å². The predicted octanol–water partition coefficient (Wildman–Crippen LogP) is 1.33. The van der Waals surface area contributed by atoms with Crippen molar-refractivity contribution < 1.29 is 4.74 Å². The molecule has 0 aliphatic heterocycles. The van der Waals surface area contributed by atoms with Gasteiger partial charge in [0, 0.05) is 13.5 Å². The SMILES string of the molecule is COCCc1nc2c(N)cccc2[nH]1. The summed E-state index contributed by atoms with van der Waals surface area (Å²) >= 11 is 0. The summed E-state index contributed by atoms with van der Waals surface area (Å²) < 4.78 is 4.98. The molecule has 0 radical (unpaired) electrons. The van der Waals surface area contributed by atoms with Crippen LogP contribution in [0.25, 0.3) is 11.0 Å². The van der Waals surface area contributed by atoms with Gasteiger partial charge in [-0.25, -0.2) is 4.98 Å². The first-order valence-corrected chi connectivity index (χ1v) is 4.53. The van der Waals surface area contributed by atoms with Crippen LogP contribution in [0.1, 0.15) is 5.82 Å². The number of hydrogen-bond donors (Lipinski definition) is 2. The molecule has 2 aromatic rings. The average Bonchev–Trinajstić information content (AvgIpc) is 2.59. The standard InChI is InChI=1S/C10H13N3O/c1-14-6-5-9-12-8-4-2-3-7(11)10(8)13-9/h2-4H,5-6,11H2,1H3,(H,12,13). The fourth-order valence-electron chi connectivity index (χ4n) is 1.42. The van der Waals surface area contributed by atoms with Crippen LogP contribution in [0.15, 0.2) is 18.2 Å². The van der Waals surface area contributed by atoms with E-state index in [1.54, 1.807) is 7.11 Å². The molecule has 0 saturated carbocycles. The third-order valence-electron chi connectivity index (χ3n) is 2.14. The number of imidazole rings is 1. The van der Waals surface area contributed by atoms with Gasteiger partial charge in [-0.1, -0.05) is 6.07 Å². The highest BCUT2D eigenvalue weighted by molar-refractivity contribution is 5.86. The molecule has 0 atom stereocenters. The maximum absolute atomic E-state index is 5.78. The van der Waals surface area contributed by atoms with Crippen molar-refractivity contribution in [1.29, 1.82) is 0 Å². The van der Waals surface area contributed by atoms with Gasteiger partial charge in [0.1, 0.15) is 11.3 Å². The predicted molar refractivity (Wildman–Crippen MR) is 56.1 cm³/mol. The topological polar surface area (TPSA) is 63.9 Å². The van der Waals surface area contributed by atoms with Crippen LogP contribution in [0.5, 0.6) is 0 Å². The van der Waals surface area contributed by atoms with Crippen LogP contribution in [-0.4, -0.2) is 23.7 Å². The summed E-state index contributed by atoms with van der Waals surface area (Å²) in [5.41, 5.74) is 8.32. The number of nitrogens with zero attached hydrogens (tertiary/aromatic N) is 1. The molecular weight excluding hydrogens is 178 g/mol. The molecule has 0 amide bonds. The van der Waals surface area contributed by atoms with Crippen molar-refractivity contribution in [2.75, 3.05) is 19.5 Å². The minimum Gasteiger partial charge on any atom is -0.397 e. The molecule has 0 saturated heterocycles. The normalized spacial score (nSPS) is 10.9. The fraction of sp³-hybridized carbons (Fsp3) is 0.300. The van der Waals surface area contributed by atoms with Crippen LogP contribution < -0.4 is 5.73 Å². The number of nitrogens with two attached hydrogens (primary N) is 1. The number of benzene rings is 1. The number of aromatic amines is 1. The molecule has 0 fully saturated rings. The van der Waals surface area contributed by atoms with Crippen molar-refractivity contribution in [2.45, 2.75) is 6.42 Å².